The summed E-state index contributed by atoms with van der Waals surface area (Å²) in [5.41, 5.74) is -1.15. The van der Waals surface area contributed by atoms with Crippen LogP contribution in [0, 0.1) is 0 Å². The van der Waals surface area contributed by atoms with E-state index >= 15 is 0 Å². The van der Waals surface area contributed by atoms with Crippen LogP contribution in [0.25, 0.3) is 0 Å². The molecule has 0 atom stereocenters. The van der Waals surface area contributed by atoms with Gasteiger partial charge < -0.3 is 9.47 Å². The van der Waals surface area contributed by atoms with Crippen molar-refractivity contribution in [2.24, 2.45) is 0 Å². The third kappa shape index (κ3) is 4.88. The van der Waals surface area contributed by atoms with Crippen molar-refractivity contribution in [1.29, 1.82) is 0 Å². The molecule has 7 heteroatoms. The molecular formula is C19H27N2O4Si. The summed E-state index contributed by atoms with van der Waals surface area (Å²) >= 11 is 0. The van der Waals surface area contributed by atoms with Crippen LogP contribution in [0.4, 0.5) is 9.59 Å². The van der Waals surface area contributed by atoms with Gasteiger partial charge in [0.05, 0.1) is 0 Å². The van der Waals surface area contributed by atoms with E-state index < -0.39 is 32.2 Å². The lowest BCUT2D eigenvalue weighted by atomic mass is 10.2. The van der Waals surface area contributed by atoms with E-state index in [2.05, 4.69) is 0 Å². The van der Waals surface area contributed by atoms with Gasteiger partial charge in [-0.05, 0) is 65.8 Å². The lowest BCUT2D eigenvalue weighted by Gasteiger charge is -2.23. The minimum absolute atomic E-state index is 0.419. The first kappa shape index (κ1) is 20.0. The van der Waals surface area contributed by atoms with Gasteiger partial charge in [-0.25, -0.2) is 9.59 Å². The van der Waals surface area contributed by atoms with Crippen LogP contribution < -0.4 is 10.6 Å². The van der Waals surface area contributed by atoms with Gasteiger partial charge in [0.25, 0.3) is 0 Å². The number of carbonyl (C=O) groups is 2. The highest BCUT2D eigenvalue weighted by Gasteiger charge is 2.27. The van der Waals surface area contributed by atoms with Gasteiger partial charge >= 0.3 is 12.2 Å². The fourth-order valence-corrected chi connectivity index (χ4v) is 4.45. The van der Waals surface area contributed by atoms with E-state index in [9.17, 15) is 9.59 Å². The van der Waals surface area contributed by atoms with E-state index in [1.54, 1.807) is 12.4 Å². The van der Waals surface area contributed by atoms with Crippen molar-refractivity contribution in [3.63, 3.8) is 0 Å². The molecule has 0 saturated heterocycles. The van der Waals surface area contributed by atoms with Gasteiger partial charge in [-0.3, -0.25) is 9.13 Å². The number of rotatable bonds is 2. The second kappa shape index (κ2) is 7.15. The van der Waals surface area contributed by atoms with Crippen molar-refractivity contribution in [2.45, 2.75) is 59.3 Å². The van der Waals surface area contributed by atoms with Gasteiger partial charge in [0, 0.05) is 23.0 Å². The number of aromatic nitrogens is 2. The third-order valence-corrected chi connectivity index (χ3v) is 5.80. The van der Waals surface area contributed by atoms with Crippen LogP contribution in [-0.4, -0.2) is 41.3 Å². The molecule has 0 aromatic carbocycles. The number of hydrogen-bond acceptors (Lipinski definition) is 4. The summed E-state index contributed by atoms with van der Waals surface area (Å²) in [7, 11) is -1.39. The molecule has 26 heavy (non-hydrogen) atoms. The summed E-state index contributed by atoms with van der Waals surface area (Å²) < 4.78 is 14.0. The molecule has 0 aliphatic carbocycles. The van der Waals surface area contributed by atoms with Crippen LogP contribution in [0.1, 0.15) is 41.5 Å². The summed E-state index contributed by atoms with van der Waals surface area (Å²) in [4.78, 5) is 25.0. The maximum atomic E-state index is 12.5. The minimum Gasteiger partial charge on any atom is -0.443 e. The van der Waals surface area contributed by atoms with Crippen LogP contribution in [0.2, 0.25) is 6.55 Å². The average molecular weight is 376 g/mol. The van der Waals surface area contributed by atoms with E-state index in [0.29, 0.717) is 0 Å². The Hall–Kier alpha value is -2.28. The molecule has 2 heterocycles. The predicted molar refractivity (Wildman–Crippen MR) is 103 cm³/mol. The molecule has 2 aromatic rings. The number of carbonyl (C=O) groups excluding carboxylic acids is 2. The van der Waals surface area contributed by atoms with Crippen molar-refractivity contribution in [1.82, 2.24) is 9.13 Å². The highest BCUT2D eigenvalue weighted by atomic mass is 28.3. The normalized spacial score (nSPS) is 12.3. The van der Waals surface area contributed by atoms with Crippen LogP contribution in [0.15, 0.2) is 36.7 Å². The Morgan fingerprint density at radius 2 is 1.15 bits per heavy atom. The highest BCUT2D eigenvalue weighted by molar-refractivity contribution is 6.83. The second-order valence-electron chi connectivity index (χ2n) is 8.11. The van der Waals surface area contributed by atoms with E-state index in [0.717, 1.165) is 10.6 Å². The Morgan fingerprint density at radius 3 is 1.46 bits per heavy atom. The number of ether oxygens (including phenoxy) is 2. The fourth-order valence-electron chi connectivity index (χ4n) is 2.44. The monoisotopic (exact) mass is 375 g/mol. The van der Waals surface area contributed by atoms with Crippen LogP contribution in [-0.2, 0) is 9.47 Å². The van der Waals surface area contributed by atoms with Gasteiger partial charge in [0.1, 0.15) is 11.2 Å². The van der Waals surface area contributed by atoms with Gasteiger partial charge in [0.15, 0.2) is 8.80 Å². The van der Waals surface area contributed by atoms with Gasteiger partial charge in [-0.2, -0.15) is 0 Å². The summed E-state index contributed by atoms with van der Waals surface area (Å²) in [5, 5.41) is 1.68. The molecule has 0 N–H and O–H groups in total. The summed E-state index contributed by atoms with van der Waals surface area (Å²) in [6, 6.07) is 7.41. The molecule has 0 aliphatic heterocycles. The topological polar surface area (TPSA) is 62.5 Å². The lowest BCUT2D eigenvalue weighted by Crippen LogP contribution is -2.49. The van der Waals surface area contributed by atoms with Crippen molar-refractivity contribution in [3.8, 4) is 0 Å². The van der Waals surface area contributed by atoms with Crippen LogP contribution in [0.5, 0.6) is 0 Å². The van der Waals surface area contributed by atoms with E-state index in [4.69, 9.17) is 9.47 Å². The highest BCUT2D eigenvalue weighted by Crippen LogP contribution is 2.10. The first-order chi connectivity index (χ1) is 11.9. The molecule has 0 aliphatic rings. The Bertz CT molecular complexity index is 727. The molecule has 0 fully saturated rings. The zero-order chi connectivity index (χ0) is 19.7. The molecule has 0 saturated carbocycles. The molecule has 2 rings (SSSR count). The lowest BCUT2D eigenvalue weighted by molar-refractivity contribution is 0.0532. The predicted octanol–water partition coefficient (Wildman–Crippen LogP) is 3.09. The largest absolute Gasteiger partial charge is 0.443 e. The molecule has 2 aromatic heterocycles. The maximum absolute atomic E-state index is 12.5. The first-order valence-corrected chi connectivity index (χ1v) is 10.5. The van der Waals surface area contributed by atoms with Crippen molar-refractivity contribution in [2.75, 3.05) is 0 Å². The van der Waals surface area contributed by atoms with Crippen molar-refractivity contribution in [3.05, 3.63) is 36.7 Å². The molecule has 0 bridgehead atoms. The Morgan fingerprint density at radius 1 is 0.808 bits per heavy atom. The summed E-state index contributed by atoms with van der Waals surface area (Å²) in [6.07, 6.45) is 2.55. The quantitative estimate of drug-likeness (QED) is 0.757. The molecular weight excluding hydrogens is 348 g/mol. The molecule has 0 unspecified atom stereocenters. The Labute approximate surface area is 156 Å². The summed E-state index contributed by atoms with van der Waals surface area (Å²) in [5.74, 6) is 0. The number of nitrogens with zero attached hydrogens (tertiary/aromatic N) is 2. The molecule has 6 nitrogen and oxygen atoms in total. The standard InChI is InChI=1S/C19H27N2O4Si/c1-18(2,3)24-16(22)20-12-8-10-14(20)26(7)15-11-9-13-21(15)17(23)25-19(4,5)6/h8-13H,1-7H3. The van der Waals surface area contributed by atoms with E-state index in [-0.39, 0.29) is 0 Å². The number of hydrogen-bond donors (Lipinski definition) is 0. The zero-order valence-electron chi connectivity index (χ0n) is 16.5. The average Bonchev–Trinajstić information content (AvgIpc) is 3.12. The van der Waals surface area contributed by atoms with Gasteiger partial charge in [-0.1, -0.05) is 6.55 Å². The molecule has 1 radical (unpaired) electrons. The zero-order valence-corrected chi connectivity index (χ0v) is 17.5. The maximum Gasteiger partial charge on any atom is 0.418 e. The minimum atomic E-state index is -1.39. The third-order valence-electron chi connectivity index (χ3n) is 3.45. The molecule has 141 valence electrons. The van der Waals surface area contributed by atoms with Crippen LogP contribution in [0.3, 0.4) is 0 Å². The SMILES string of the molecule is C[Si](c1cccn1C(=O)OC(C)(C)C)c1cccn1C(=O)OC(C)(C)C. The smallest absolute Gasteiger partial charge is 0.418 e. The molecule has 0 amide bonds. The van der Waals surface area contributed by atoms with Gasteiger partial charge in [0.2, 0.25) is 0 Å². The van der Waals surface area contributed by atoms with Crippen molar-refractivity contribution < 1.29 is 19.1 Å². The Balaban J connectivity index is 2.31. The van der Waals surface area contributed by atoms with Gasteiger partial charge in [-0.15, -0.1) is 0 Å². The summed E-state index contributed by atoms with van der Waals surface area (Å²) in [6.45, 7) is 13.0. The van der Waals surface area contributed by atoms with Crippen molar-refractivity contribution >= 4 is 31.6 Å². The first-order valence-electron chi connectivity index (χ1n) is 8.55. The van der Waals surface area contributed by atoms with Crippen LogP contribution >= 0.6 is 0 Å². The molecule has 0 spiro atoms. The fraction of sp³-hybridized carbons (Fsp3) is 0.474. The van der Waals surface area contributed by atoms with E-state index in [1.165, 1.54) is 9.13 Å². The van der Waals surface area contributed by atoms with E-state index in [1.807, 2.05) is 72.4 Å². The Kier molecular flexibility index (Phi) is 5.51. The second-order valence-corrected chi connectivity index (χ2v) is 10.4.